The van der Waals surface area contributed by atoms with Crippen LogP contribution in [0.3, 0.4) is 0 Å². The number of hydrogen-bond donors (Lipinski definition) is 1. The minimum atomic E-state index is -3.79. The summed E-state index contributed by atoms with van der Waals surface area (Å²) in [7, 11) is -2.43. The molecule has 3 rings (SSSR count). The van der Waals surface area contributed by atoms with Crippen molar-refractivity contribution in [3.8, 4) is 0 Å². The van der Waals surface area contributed by atoms with Gasteiger partial charge in [0.2, 0.25) is 10.0 Å². The summed E-state index contributed by atoms with van der Waals surface area (Å²) in [5.74, 6) is -0.530. The van der Waals surface area contributed by atoms with Crippen molar-refractivity contribution in [2.45, 2.75) is 4.90 Å². The number of halogens is 1. The number of sulfonamides is 1. The van der Waals surface area contributed by atoms with Crippen molar-refractivity contribution in [3.63, 3.8) is 0 Å². The summed E-state index contributed by atoms with van der Waals surface area (Å²) in [5.41, 5.74) is 3.14. The largest absolute Gasteiger partial charge is 0.272 e. The third-order valence-electron chi connectivity index (χ3n) is 4.05. The van der Waals surface area contributed by atoms with E-state index in [9.17, 15) is 13.2 Å². The first-order valence-corrected chi connectivity index (χ1v) is 10.6. The maximum absolute atomic E-state index is 12.7. The Hall–Kier alpha value is -2.55. The molecule has 6 nitrogen and oxygen atoms in total. The zero-order valence-corrected chi connectivity index (χ0v) is 17.4. The fourth-order valence-corrected chi connectivity index (χ4v) is 4.18. The van der Waals surface area contributed by atoms with Crippen molar-refractivity contribution in [3.05, 3.63) is 76.8 Å². The van der Waals surface area contributed by atoms with Gasteiger partial charge in [0.25, 0.3) is 5.91 Å². The van der Waals surface area contributed by atoms with Crippen LogP contribution >= 0.6 is 15.9 Å². The van der Waals surface area contributed by atoms with E-state index >= 15 is 0 Å². The Morgan fingerprint density at radius 3 is 2.57 bits per heavy atom. The van der Waals surface area contributed by atoms with E-state index in [1.807, 2.05) is 48.5 Å². The maximum Gasteiger partial charge on any atom is 0.255 e. The molecule has 0 spiro atoms. The Bertz CT molecular complexity index is 1150. The normalized spacial score (nSPS) is 12.0. The van der Waals surface area contributed by atoms with Gasteiger partial charge in [0.15, 0.2) is 0 Å². The summed E-state index contributed by atoms with van der Waals surface area (Å²) in [5, 5.41) is 5.63. The lowest BCUT2D eigenvalue weighted by atomic mass is 10.1. The van der Waals surface area contributed by atoms with Crippen LogP contribution in [0.25, 0.3) is 10.8 Å². The molecule has 1 N–H and O–H groups in total. The van der Waals surface area contributed by atoms with Gasteiger partial charge >= 0.3 is 0 Å². The number of hydrazone groups is 1. The molecule has 3 aromatic rings. The number of nitrogens with one attached hydrogen (secondary N) is 1. The Labute approximate surface area is 172 Å². The smallest absolute Gasteiger partial charge is 0.255 e. The molecule has 0 saturated heterocycles. The lowest BCUT2D eigenvalue weighted by Crippen LogP contribution is -2.36. The summed E-state index contributed by atoms with van der Waals surface area (Å²) < 4.78 is 27.4. The summed E-state index contributed by atoms with van der Waals surface area (Å²) >= 11 is 3.35. The Morgan fingerprint density at radius 2 is 1.82 bits per heavy atom. The highest BCUT2D eigenvalue weighted by molar-refractivity contribution is 9.10. The minimum Gasteiger partial charge on any atom is -0.272 e. The van der Waals surface area contributed by atoms with Gasteiger partial charge in [-0.25, -0.2) is 13.8 Å². The summed E-state index contributed by atoms with van der Waals surface area (Å²) in [4.78, 5) is 12.2. The zero-order valence-electron chi connectivity index (χ0n) is 15.0. The first-order chi connectivity index (χ1) is 13.4. The number of hydrogen-bond acceptors (Lipinski definition) is 4. The number of rotatable bonds is 6. The van der Waals surface area contributed by atoms with E-state index in [2.05, 4.69) is 26.5 Å². The minimum absolute atomic E-state index is 0.138. The Kier molecular flexibility index (Phi) is 6.23. The molecule has 0 unspecified atom stereocenters. The molecule has 0 atom stereocenters. The summed E-state index contributed by atoms with van der Waals surface area (Å²) in [6.45, 7) is -0.342. The third-order valence-corrected chi connectivity index (χ3v) is 6.34. The van der Waals surface area contributed by atoms with Gasteiger partial charge in [0, 0.05) is 11.5 Å². The van der Waals surface area contributed by atoms with Gasteiger partial charge < -0.3 is 0 Å². The number of carbonyl (C=O) groups is 1. The summed E-state index contributed by atoms with van der Waals surface area (Å²) in [6.07, 6.45) is 1.49. The summed E-state index contributed by atoms with van der Waals surface area (Å²) in [6, 6.07) is 19.8. The van der Waals surface area contributed by atoms with Gasteiger partial charge in [-0.2, -0.15) is 9.41 Å². The highest BCUT2D eigenvalue weighted by Crippen LogP contribution is 2.21. The molecule has 3 aromatic carbocycles. The molecule has 0 aliphatic carbocycles. The molecular formula is C20H18BrN3O3S. The number of amides is 1. The number of fused-ring (bicyclic) bond motifs is 1. The first kappa shape index (κ1) is 20.2. The first-order valence-electron chi connectivity index (χ1n) is 8.39. The van der Waals surface area contributed by atoms with E-state index in [1.165, 1.54) is 19.3 Å². The molecule has 0 heterocycles. The Morgan fingerprint density at radius 1 is 1.07 bits per heavy atom. The van der Waals surface area contributed by atoms with Crippen molar-refractivity contribution >= 4 is 48.8 Å². The van der Waals surface area contributed by atoms with Crippen molar-refractivity contribution in [2.75, 3.05) is 13.6 Å². The van der Waals surface area contributed by atoms with Gasteiger partial charge in [0.05, 0.1) is 17.7 Å². The second-order valence-corrected chi connectivity index (χ2v) is 9.08. The molecule has 0 saturated carbocycles. The number of likely N-dealkylation sites (N-methyl/N-ethyl adjacent to an activating group) is 1. The number of carbonyl (C=O) groups excluding carboxylic acids is 1. The highest BCUT2D eigenvalue weighted by Gasteiger charge is 2.23. The van der Waals surface area contributed by atoms with E-state index in [0.29, 0.717) is 0 Å². The molecule has 28 heavy (non-hydrogen) atoms. The lowest BCUT2D eigenvalue weighted by Gasteiger charge is -2.16. The van der Waals surface area contributed by atoms with Gasteiger partial charge in [-0.05, 0) is 40.6 Å². The van der Waals surface area contributed by atoms with Crippen molar-refractivity contribution in [1.29, 1.82) is 0 Å². The van der Waals surface area contributed by atoms with E-state index in [1.54, 1.807) is 12.1 Å². The zero-order chi connectivity index (χ0) is 20.1. The maximum atomic E-state index is 12.7. The van der Waals surface area contributed by atoms with Crippen LogP contribution in [0.2, 0.25) is 0 Å². The molecule has 0 aliphatic rings. The monoisotopic (exact) mass is 459 g/mol. The van der Waals surface area contributed by atoms with Crippen LogP contribution < -0.4 is 5.43 Å². The van der Waals surface area contributed by atoms with Crippen molar-refractivity contribution in [2.24, 2.45) is 5.10 Å². The van der Waals surface area contributed by atoms with E-state index < -0.39 is 15.9 Å². The second-order valence-electron chi connectivity index (χ2n) is 6.12. The van der Waals surface area contributed by atoms with Crippen molar-refractivity contribution < 1.29 is 13.2 Å². The van der Waals surface area contributed by atoms with Gasteiger partial charge in [-0.1, -0.05) is 58.4 Å². The molecule has 1 amide bonds. The predicted octanol–water partition coefficient (Wildman–Crippen LogP) is 3.37. The lowest BCUT2D eigenvalue weighted by molar-refractivity contribution is -0.121. The number of benzene rings is 3. The van der Waals surface area contributed by atoms with Gasteiger partial charge in [-0.15, -0.1) is 0 Å². The molecule has 0 fully saturated rings. The molecule has 144 valence electrons. The highest BCUT2D eigenvalue weighted by atomic mass is 79.9. The standard InChI is InChI=1S/C20H18BrN3O3S/c1-24(14-20(25)23-22-13-15-5-4-8-18(21)11-15)28(26,27)19-10-9-16-6-2-3-7-17(16)12-19/h2-13H,14H2,1H3,(H,23,25). The molecule has 8 heteroatoms. The van der Waals surface area contributed by atoms with Crippen LogP contribution in [0, 0.1) is 0 Å². The Balaban J connectivity index is 1.66. The van der Waals surface area contributed by atoms with Crippen LogP contribution in [0.1, 0.15) is 5.56 Å². The average Bonchev–Trinajstić information content (AvgIpc) is 2.67. The molecule has 0 bridgehead atoms. The number of nitrogens with zero attached hydrogens (tertiary/aromatic N) is 2. The fourth-order valence-electron chi connectivity index (χ4n) is 2.60. The van der Waals surface area contributed by atoms with E-state index in [-0.39, 0.29) is 11.4 Å². The van der Waals surface area contributed by atoms with E-state index in [0.717, 1.165) is 25.1 Å². The molecule has 0 aliphatic heterocycles. The fraction of sp³-hybridized carbons (Fsp3) is 0.100. The SMILES string of the molecule is CN(CC(=O)NN=Cc1cccc(Br)c1)S(=O)(=O)c1ccc2ccccc2c1. The topological polar surface area (TPSA) is 78.8 Å². The quantitative estimate of drug-likeness (QED) is 0.453. The van der Waals surface area contributed by atoms with Crippen LogP contribution in [0.15, 0.2) is 81.2 Å². The van der Waals surface area contributed by atoms with Crippen LogP contribution in [-0.4, -0.2) is 38.4 Å². The van der Waals surface area contributed by atoms with Crippen LogP contribution in [-0.2, 0) is 14.8 Å². The van der Waals surface area contributed by atoms with E-state index in [4.69, 9.17) is 0 Å². The van der Waals surface area contributed by atoms with Crippen LogP contribution in [0.4, 0.5) is 0 Å². The third kappa shape index (κ3) is 4.83. The van der Waals surface area contributed by atoms with Gasteiger partial charge in [-0.3, -0.25) is 4.79 Å². The molecular weight excluding hydrogens is 442 g/mol. The van der Waals surface area contributed by atoms with Gasteiger partial charge in [0.1, 0.15) is 0 Å². The molecule has 0 radical (unpaired) electrons. The van der Waals surface area contributed by atoms with Crippen molar-refractivity contribution in [1.82, 2.24) is 9.73 Å². The predicted molar refractivity (Wildman–Crippen MR) is 114 cm³/mol. The van der Waals surface area contributed by atoms with Crippen LogP contribution in [0.5, 0.6) is 0 Å². The average molecular weight is 460 g/mol. The second kappa shape index (κ2) is 8.64. The molecule has 0 aromatic heterocycles.